The van der Waals surface area contributed by atoms with Gasteiger partial charge >= 0.3 is 0 Å². The zero-order valence-corrected chi connectivity index (χ0v) is 12.7. The van der Waals surface area contributed by atoms with Crippen LogP contribution in [-0.2, 0) is 0 Å². The molecule has 0 aliphatic rings. The zero-order valence-electron chi connectivity index (χ0n) is 12.7. The molecule has 22 heavy (non-hydrogen) atoms. The van der Waals surface area contributed by atoms with Gasteiger partial charge in [-0.3, -0.25) is 4.79 Å². The molecule has 0 spiro atoms. The van der Waals surface area contributed by atoms with Crippen molar-refractivity contribution in [2.45, 2.75) is 0 Å². The van der Waals surface area contributed by atoms with E-state index in [1.54, 1.807) is 38.5 Å². The van der Waals surface area contributed by atoms with Crippen molar-refractivity contribution in [3.8, 4) is 11.5 Å². The van der Waals surface area contributed by atoms with E-state index >= 15 is 0 Å². The fourth-order valence-corrected chi connectivity index (χ4v) is 1.96. The fraction of sp³-hybridized carbons (Fsp3) is 0.105. The molecule has 0 aliphatic carbocycles. The molecule has 0 amide bonds. The van der Waals surface area contributed by atoms with Gasteiger partial charge in [0.15, 0.2) is 17.3 Å². The number of rotatable bonds is 6. The van der Waals surface area contributed by atoms with Crippen molar-refractivity contribution in [2.24, 2.45) is 0 Å². The van der Waals surface area contributed by atoms with Gasteiger partial charge in [-0.25, -0.2) is 0 Å². The minimum Gasteiger partial charge on any atom is -0.493 e. The molecule has 2 aromatic rings. The van der Waals surface area contributed by atoms with Crippen LogP contribution in [0.25, 0.3) is 6.08 Å². The lowest BCUT2D eigenvalue weighted by molar-refractivity contribution is 0.104. The Bertz CT molecular complexity index is 685. The summed E-state index contributed by atoms with van der Waals surface area (Å²) in [7, 11) is 3.11. The third kappa shape index (κ3) is 4.09. The number of methoxy groups -OCH3 is 2. The molecule has 0 aliphatic heterocycles. The van der Waals surface area contributed by atoms with Crippen molar-refractivity contribution in [1.29, 1.82) is 0 Å². The quantitative estimate of drug-likeness (QED) is 0.456. The van der Waals surface area contributed by atoms with Gasteiger partial charge in [0.1, 0.15) is 0 Å². The molecule has 0 fully saturated rings. The van der Waals surface area contributed by atoms with Crippen molar-refractivity contribution in [1.82, 2.24) is 0 Å². The molecule has 0 atom stereocenters. The molecule has 0 N–H and O–H groups in total. The van der Waals surface area contributed by atoms with Gasteiger partial charge in [0.2, 0.25) is 0 Å². The first kappa shape index (κ1) is 15.6. The number of ketones is 1. The Morgan fingerprint density at radius 1 is 0.909 bits per heavy atom. The molecule has 0 unspecified atom stereocenters. The van der Waals surface area contributed by atoms with Gasteiger partial charge in [-0.15, -0.1) is 0 Å². The van der Waals surface area contributed by atoms with Gasteiger partial charge < -0.3 is 9.47 Å². The Morgan fingerprint density at radius 3 is 2.32 bits per heavy atom. The summed E-state index contributed by atoms with van der Waals surface area (Å²) in [6.07, 6.45) is 7.04. The number of carbonyl (C=O) groups excluding carboxylic acids is 1. The van der Waals surface area contributed by atoms with Gasteiger partial charge in [0.05, 0.1) is 14.2 Å². The van der Waals surface area contributed by atoms with Crippen molar-refractivity contribution in [2.75, 3.05) is 14.2 Å². The first-order valence-corrected chi connectivity index (χ1v) is 6.90. The lowest BCUT2D eigenvalue weighted by atomic mass is 10.1. The lowest BCUT2D eigenvalue weighted by Gasteiger charge is -2.07. The zero-order chi connectivity index (χ0) is 15.8. The summed E-state index contributed by atoms with van der Waals surface area (Å²) in [5.41, 5.74) is 1.65. The van der Waals surface area contributed by atoms with Gasteiger partial charge in [0.25, 0.3) is 0 Å². The lowest BCUT2D eigenvalue weighted by Crippen LogP contribution is -1.97. The average molecular weight is 294 g/mol. The maximum Gasteiger partial charge on any atom is 0.185 e. The van der Waals surface area contributed by atoms with Gasteiger partial charge in [-0.2, -0.15) is 0 Å². The predicted molar refractivity (Wildman–Crippen MR) is 88.5 cm³/mol. The molecule has 0 aromatic heterocycles. The van der Waals surface area contributed by atoms with E-state index in [1.807, 2.05) is 42.5 Å². The average Bonchev–Trinajstić information content (AvgIpc) is 2.58. The monoisotopic (exact) mass is 294 g/mol. The van der Waals surface area contributed by atoms with E-state index in [-0.39, 0.29) is 5.78 Å². The second-order valence-corrected chi connectivity index (χ2v) is 4.56. The fourth-order valence-electron chi connectivity index (χ4n) is 1.96. The highest BCUT2D eigenvalue weighted by atomic mass is 16.5. The summed E-state index contributed by atoms with van der Waals surface area (Å²) in [5, 5.41) is 0. The first-order chi connectivity index (χ1) is 10.7. The number of ether oxygens (including phenoxy) is 2. The third-order valence-corrected chi connectivity index (χ3v) is 3.12. The molecule has 0 radical (unpaired) electrons. The molecule has 0 saturated heterocycles. The summed E-state index contributed by atoms with van der Waals surface area (Å²) < 4.78 is 10.3. The minimum atomic E-state index is -0.0846. The number of allylic oxidation sites excluding steroid dienone is 3. The molecule has 0 bridgehead atoms. The van der Waals surface area contributed by atoms with Crippen LogP contribution in [0.2, 0.25) is 0 Å². The second-order valence-electron chi connectivity index (χ2n) is 4.56. The molecule has 0 heterocycles. The minimum absolute atomic E-state index is 0.0846. The summed E-state index contributed by atoms with van der Waals surface area (Å²) in [5.74, 6) is 1.06. The summed E-state index contributed by atoms with van der Waals surface area (Å²) in [4.78, 5) is 12.1. The molecule has 2 rings (SSSR count). The molecule has 112 valence electrons. The Morgan fingerprint density at radius 2 is 1.64 bits per heavy atom. The number of carbonyl (C=O) groups is 1. The molecular formula is C19H18O3. The van der Waals surface area contributed by atoms with Crippen molar-refractivity contribution < 1.29 is 14.3 Å². The van der Waals surface area contributed by atoms with E-state index in [1.165, 1.54) is 6.08 Å². The second kappa shape index (κ2) is 7.84. The van der Waals surface area contributed by atoms with Crippen LogP contribution in [-0.4, -0.2) is 20.0 Å². The smallest absolute Gasteiger partial charge is 0.185 e. The number of hydrogen-bond donors (Lipinski definition) is 0. The van der Waals surface area contributed by atoms with Crippen molar-refractivity contribution in [3.05, 3.63) is 77.9 Å². The normalized spacial score (nSPS) is 11.0. The van der Waals surface area contributed by atoms with Crippen LogP contribution in [0.5, 0.6) is 11.5 Å². The van der Waals surface area contributed by atoms with E-state index < -0.39 is 0 Å². The Balaban J connectivity index is 2.06. The Hall–Kier alpha value is -2.81. The van der Waals surface area contributed by atoms with E-state index in [9.17, 15) is 4.79 Å². The van der Waals surface area contributed by atoms with Crippen molar-refractivity contribution in [3.63, 3.8) is 0 Å². The molecule has 3 heteroatoms. The highest BCUT2D eigenvalue weighted by Gasteiger charge is 2.08. The maximum atomic E-state index is 12.1. The number of benzene rings is 2. The first-order valence-electron chi connectivity index (χ1n) is 6.90. The number of hydrogen-bond acceptors (Lipinski definition) is 3. The summed E-state index contributed by atoms with van der Waals surface area (Å²) in [6.45, 7) is 0. The van der Waals surface area contributed by atoms with Crippen LogP contribution in [0.15, 0.2) is 66.8 Å². The summed E-state index contributed by atoms with van der Waals surface area (Å²) >= 11 is 0. The predicted octanol–water partition coefficient (Wildman–Crippen LogP) is 4.16. The van der Waals surface area contributed by atoms with E-state index in [4.69, 9.17) is 9.47 Å². The standard InChI is InChI=1S/C19H18O3/c1-21-18-13-12-16(14-19(18)22-2)17(20)11-7-6-10-15-8-4-3-5-9-15/h3-14H,1-2H3/b10-6+,11-7+. The third-order valence-electron chi connectivity index (χ3n) is 3.12. The molecule has 2 aromatic carbocycles. The van der Waals surface area contributed by atoms with Crippen LogP contribution in [0.1, 0.15) is 15.9 Å². The van der Waals surface area contributed by atoms with Crippen molar-refractivity contribution >= 4 is 11.9 Å². The van der Waals surface area contributed by atoms with E-state index in [0.29, 0.717) is 17.1 Å². The topological polar surface area (TPSA) is 35.5 Å². The molecule has 0 saturated carbocycles. The Kier molecular flexibility index (Phi) is 5.55. The molecular weight excluding hydrogens is 276 g/mol. The van der Waals surface area contributed by atoms with Crippen LogP contribution in [0.4, 0.5) is 0 Å². The van der Waals surface area contributed by atoms with Gasteiger partial charge in [-0.1, -0.05) is 48.6 Å². The van der Waals surface area contributed by atoms with Crippen LogP contribution < -0.4 is 9.47 Å². The highest BCUT2D eigenvalue weighted by Crippen LogP contribution is 2.27. The van der Waals surface area contributed by atoms with Gasteiger partial charge in [-0.05, 0) is 29.8 Å². The van der Waals surface area contributed by atoms with Gasteiger partial charge in [0, 0.05) is 5.56 Å². The summed E-state index contributed by atoms with van der Waals surface area (Å²) in [6, 6.07) is 15.0. The van der Waals surface area contributed by atoms with E-state index in [2.05, 4.69) is 0 Å². The van der Waals surface area contributed by atoms with Crippen LogP contribution >= 0.6 is 0 Å². The Labute approximate surface area is 130 Å². The maximum absolute atomic E-state index is 12.1. The highest BCUT2D eigenvalue weighted by molar-refractivity contribution is 6.05. The van der Waals surface area contributed by atoms with E-state index in [0.717, 1.165) is 5.56 Å². The van der Waals surface area contributed by atoms with Crippen LogP contribution in [0, 0.1) is 0 Å². The molecule has 3 nitrogen and oxygen atoms in total. The SMILES string of the molecule is COc1ccc(C(=O)/C=C/C=C/c2ccccc2)cc1OC. The largest absolute Gasteiger partial charge is 0.493 e. The van der Waals surface area contributed by atoms with Crippen LogP contribution in [0.3, 0.4) is 0 Å².